The van der Waals surface area contributed by atoms with Crippen molar-refractivity contribution in [1.29, 1.82) is 0 Å². The fraction of sp³-hybridized carbons (Fsp3) is 0.167. The number of pyridine rings is 1. The van der Waals surface area contributed by atoms with Gasteiger partial charge in [0, 0.05) is 12.3 Å². The van der Waals surface area contributed by atoms with E-state index in [1.807, 2.05) is 0 Å². The first-order chi connectivity index (χ1) is 4.74. The van der Waals surface area contributed by atoms with Gasteiger partial charge in [-0.25, -0.2) is 0 Å². The van der Waals surface area contributed by atoms with Crippen LogP contribution in [0, 0.1) is 0 Å². The Morgan fingerprint density at radius 3 is 2.90 bits per heavy atom. The average molecular weight is 160 g/mol. The largest absolute Gasteiger partial charge is 0.495 e. The second kappa shape index (κ2) is 2.75. The zero-order valence-electron chi connectivity index (χ0n) is 5.35. The van der Waals surface area contributed by atoms with Crippen LogP contribution >= 0.6 is 11.6 Å². The van der Waals surface area contributed by atoms with Crippen LogP contribution in [-0.2, 0) is 0 Å². The summed E-state index contributed by atoms with van der Waals surface area (Å²) < 4.78 is 4.80. The van der Waals surface area contributed by atoms with Crippen LogP contribution in [0.5, 0.6) is 5.75 Å². The van der Waals surface area contributed by atoms with Crippen molar-refractivity contribution in [3.8, 4) is 5.75 Å². The molecule has 0 atom stereocenters. The Bertz CT molecular complexity index is 281. The quantitative estimate of drug-likeness (QED) is 0.665. The van der Waals surface area contributed by atoms with Crippen molar-refractivity contribution in [3.05, 3.63) is 27.6 Å². The van der Waals surface area contributed by atoms with Crippen molar-refractivity contribution in [2.75, 3.05) is 7.11 Å². The van der Waals surface area contributed by atoms with Crippen LogP contribution in [0.3, 0.4) is 0 Å². The lowest BCUT2D eigenvalue weighted by Crippen LogP contribution is -2.04. The first-order valence-corrected chi connectivity index (χ1v) is 3.04. The third-order valence-corrected chi connectivity index (χ3v) is 1.35. The maximum Gasteiger partial charge on any atom is 0.266 e. The molecule has 1 rings (SSSR count). The van der Waals surface area contributed by atoms with E-state index in [0.29, 0.717) is 5.75 Å². The zero-order valence-corrected chi connectivity index (χ0v) is 6.11. The van der Waals surface area contributed by atoms with Gasteiger partial charge >= 0.3 is 0 Å². The zero-order chi connectivity index (χ0) is 7.56. The summed E-state index contributed by atoms with van der Waals surface area (Å²) in [6.45, 7) is 0. The number of aromatic nitrogens is 1. The molecule has 0 saturated heterocycles. The van der Waals surface area contributed by atoms with Crippen LogP contribution in [0.2, 0.25) is 5.02 Å². The molecular weight excluding hydrogens is 154 g/mol. The van der Waals surface area contributed by atoms with Gasteiger partial charge in [0.2, 0.25) is 0 Å². The normalized spacial score (nSPS) is 9.40. The van der Waals surface area contributed by atoms with Gasteiger partial charge in [-0.1, -0.05) is 11.6 Å². The Hall–Kier alpha value is -0.960. The van der Waals surface area contributed by atoms with Gasteiger partial charge < -0.3 is 9.72 Å². The van der Waals surface area contributed by atoms with Crippen molar-refractivity contribution in [2.45, 2.75) is 0 Å². The van der Waals surface area contributed by atoms with Gasteiger partial charge in [0.25, 0.3) is 5.56 Å². The highest BCUT2D eigenvalue weighted by atomic mass is 35.5. The van der Waals surface area contributed by atoms with Crippen LogP contribution < -0.4 is 10.3 Å². The van der Waals surface area contributed by atoms with E-state index in [-0.39, 0.29) is 10.6 Å². The molecule has 0 aliphatic carbocycles. The van der Waals surface area contributed by atoms with Gasteiger partial charge in [-0.3, -0.25) is 4.79 Å². The lowest BCUT2D eigenvalue weighted by Gasteiger charge is -1.96. The van der Waals surface area contributed by atoms with Crippen LogP contribution in [0.4, 0.5) is 0 Å². The summed E-state index contributed by atoms with van der Waals surface area (Å²) in [4.78, 5) is 13.1. The van der Waals surface area contributed by atoms with E-state index < -0.39 is 0 Å². The second-order valence-electron chi connectivity index (χ2n) is 1.72. The van der Waals surface area contributed by atoms with Gasteiger partial charge in [-0.2, -0.15) is 0 Å². The standard InChI is InChI=1S/C6H6ClNO2/c1-10-4-2-5(7)6(9)8-3-4/h2-3H,1H3,(H,8,9). The smallest absolute Gasteiger partial charge is 0.266 e. The number of rotatable bonds is 1. The molecular formula is C6H6ClNO2. The van der Waals surface area contributed by atoms with Crippen molar-refractivity contribution in [1.82, 2.24) is 4.98 Å². The lowest BCUT2D eigenvalue weighted by molar-refractivity contribution is 0.412. The van der Waals surface area contributed by atoms with Crippen molar-refractivity contribution < 1.29 is 4.74 Å². The van der Waals surface area contributed by atoms with E-state index in [9.17, 15) is 4.79 Å². The van der Waals surface area contributed by atoms with Crippen molar-refractivity contribution in [3.63, 3.8) is 0 Å². The number of halogens is 1. The highest BCUT2D eigenvalue weighted by Gasteiger charge is 1.95. The molecule has 0 saturated carbocycles. The summed E-state index contributed by atoms with van der Waals surface area (Å²) in [6.07, 6.45) is 1.45. The van der Waals surface area contributed by atoms with E-state index in [4.69, 9.17) is 16.3 Å². The molecule has 1 heterocycles. The maximum absolute atomic E-state index is 10.6. The lowest BCUT2D eigenvalue weighted by atomic mass is 10.4. The third kappa shape index (κ3) is 1.30. The van der Waals surface area contributed by atoms with Crippen LogP contribution in [-0.4, -0.2) is 12.1 Å². The summed E-state index contributed by atoms with van der Waals surface area (Å²) in [5.41, 5.74) is -0.303. The maximum atomic E-state index is 10.6. The fourth-order valence-electron chi connectivity index (χ4n) is 0.556. The highest BCUT2D eigenvalue weighted by molar-refractivity contribution is 6.30. The first kappa shape index (κ1) is 7.15. The molecule has 0 bridgehead atoms. The molecule has 10 heavy (non-hydrogen) atoms. The number of methoxy groups -OCH3 is 1. The van der Waals surface area contributed by atoms with Gasteiger partial charge in [-0.05, 0) is 0 Å². The summed E-state index contributed by atoms with van der Waals surface area (Å²) in [5, 5.41) is 0.138. The summed E-state index contributed by atoms with van der Waals surface area (Å²) in [5.74, 6) is 0.546. The molecule has 0 fully saturated rings. The topological polar surface area (TPSA) is 42.1 Å². The molecule has 54 valence electrons. The molecule has 0 aliphatic heterocycles. The Labute approximate surface area is 62.6 Å². The number of hydrogen-bond donors (Lipinski definition) is 1. The molecule has 0 radical (unpaired) electrons. The SMILES string of the molecule is COc1c[nH]c(=O)c(Cl)c1. The molecule has 1 aromatic heterocycles. The first-order valence-electron chi connectivity index (χ1n) is 2.66. The van der Waals surface area contributed by atoms with Crippen molar-refractivity contribution >= 4 is 11.6 Å². The molecule has 3 nitrogen and oxygen atoms in total. The Balaban J connectivity index is 3.17. The molecule has 0 aliphatic rings. The Kier molecular flexibility index (Phi) is 1.97. The van der Waals surface area contributed by atoms with Crippen molar-refractivity contribution in [2.24, 2.45) is 0 Å². The molecule has 0 amide bonds. The van der Waals surface area contributed by atoms with E-state index in [2.05, 4.69) is 4.98 Å². The van der Waals surface area contributed by atoms with Crippen LogP contribution in [0.25, 0.3) is 0 Å². The molecule has 4 heteroatoms. The van der Waals surface area contributed by atoms with Gasteiger partial charge in [0.05, 0.1) is 7.11 Å². The predicted octanol–water partition coefficient (Wildman–Crippen LogP) is 1.04. The van der Waals surface area contributed by atoms with Gasteiger partial charge in [0.15, 0.2) is 0 Å². The molecule has 1 aromatic rings. The minimum atomic E-state index is -0.303. The fourth-order valence-corrected chi connectivity index (χ4v) is 0.718. The predicted molar refractivity (Wildman–Crippen MR) is 38.6 cm³/mol. The van der Waals surface area contributed by atoms with Crippen LogP contribution in [0.1, 0.15) is 0 Å². The summed E-state index contributed by atoms with van der Waals surface area (Å²) in [6, 6.07) is 1.46. The minimum absolute atomic E-state index is 0.138. The summed E-state index contributed by atoms with van der Waals surface area (Å²) >= 11 is 5.47. The average Bonchev–Trinajstić information content (AvgIpc) is 1.95. The monoisotopic (exact) mass is 159 g/mol. The van der Waals surface area contributed by atoms with E-state index in [1.54, 1.807) is 0 Å². The Morgan fingerprint density at radius 1 is 1.70 bits per heavy atom. The second-order valence-corrected chi connectivity index (χ2v) is 2.12. The number of hydrogen-bond acceptors (Lipinski definition) is 2. The van der Waals surface area contributed by atoms with E-state index in [1.165, 1.54) is 19.4 Å². The Morgan fingerprint density at radius 2 is 2.40 bits per heavy atom. The van der Waals surface area contributed by atoms with Gasteiger partial charge in [0.1, 0.15) is 10.8 Å². The molecule has 0 spiro atoms. The minimum Gasteiger partial charge on any atom is -0.495 e. The van der Waals surface area contributed by atoms with E-state index in [0.717, 1.165) is 0 Å². The third-order valence-electron chi connectivity index (χ3n) is 1.07. The molecule has 1 N–H and O–H groups in total. The number of aromatic amines is 1. The van der Waals surface area contributed by atoms with Crippen LogP contribution in [0.15, 0.2) is 17.1 Å². The highest BCUT2D eigenvalue weighted by Crippen LogP contribution is 2.10. The van der Waals surface area contributed by atoms with Gasteiger partial charge in [-0.15, -0.1) is 0 Å². The molecule has 0 unspecified atom stereocenters. The number of nitrogens with one attached hydrogen (secondary N) is 1. The number of H-pyrrole nitrogens is 1. The summed E-state index contributed by atoms with van der Waals surface area (Å²) in [7, 11) is 1.50. The number of ether oxygens (including phenoxy) is 1. The van der Waals surface area contributed by atoms with E-state index >= 15 is 0 Å². The molecule has 0 aromatic carbocycles.